The molecule has 0 saturated carbocycles. The molecule has 3 heterocycles. The number of nitrogens with zero attached hydrogens (tertiary/aromatic N) is 3. The molecule has 0 aliphatic carbocycles. The smallest absolute Gasteiger partial charge is 0.224 e. The number of amides is 1. The van der Waals surface area contributed by atoms with Gasteiger partial charge in [-0.2, -0.15) is 11.8 Å². The van der Waals surface area contributed by atoms with Gasteiger partial charge in [-0.1, -0.05) is 6.07 Å². The molecule has 0 bridgehead atoms. The topological polar surface area (TPSA) is 48.5 Å². The molecule has 6 heteroatoms. The molecule has 2 fully saturated rings. The molecule has 0 aromatic carbocycles. The quantitative estimate of drug-likeness (QED) is 0.692. The van der Waals surface area contributed by atoms with Crippen LogP contribution in [0.2, 0.25) is 0 Å². The van der Waals surface area contributed by atoms with Gasteiger partial charge in [-0.3, -0.25) is 14.7 Å². The predicted octanol–water partition coefficient (Wildman–Crippen LogP) is 2.63. The molecule has 0 radical (unpaired) electrons. The van der Waals surface area contributed by atoms with Gasteiger partial charge in [-0.15, -0.1) is 0 Å². The highest BCUT2D eigenvalue weighted by molar-refractivity contribution is 7.98. The minimum absolute atomic E-state index is 0.134. The van der Waals surface area contributed by atoms with Crippen molar-refractivity contribution in [2.45, 2.75) is 44.7 Å². The van der Waals surface area contributed by atoms with Crippen LogP contribution in [-0.2, 0) is 11.3 Å². The van der Waals surface area contributed by atoms with Gasteiger partial charge in [-0.25, -0.2) is 0 Å². The van der Waals surface area contributed by atoms with Crippen molar-refractivity contribution in [3.63, 3.8) is 0 Å². The Labute approximate surface area is 168 Å². The Morgan fingerprint density at radius 1 is 1.30 bits per heavy atom. The standard InChI is InChI=1S/C21H34N4OS/c1-27-14-4-10-24-12-7-20(8-13-24)25-11-3-6-19(17-25)21(26)23-16-18-5-2-9-22-15-18/h2,5,9,15,19-20H,3-4,6-8,10-14,16-17H2,1H3,(H,23,26)/t19-/m1/s1. The summed E-state index contributed by atoms with van der Waals surface area (Å²) in [6.45, 7) is 6.34. The van der Waals surface area contributed by atoms with Gasteiger partial charge >= 0.3 is 0 Å². The third kappa shape index (κ3) is 6.47. The molecule has 1 aromatic rings. The first kappa shape index (κ1) is 20.6. The summed E-state index contributed by atoms with van der Waals surface area (Å²) in [6.07, 6.45) is 11.7. The first-order valence-corrected chi connectivity index (χ1v) is 11.8. The van der Waals surface area contributed by atoms with Gasteiger partial charge in [0.25, 0.3) is 0 Å². The van der Waals surface area contributed by atoms with E-state index < -0.39 is 0 Å². The van der Waals surface area contributed by atoms with Gasteiger partial charge in [0.1, 0.15) is 0 Å². The summed E-state index contributed by atoms with van der Waals surface area (Å²) in [7, 11) is 0. The van der Waals surface area contributed by atoms with E-state index in [2.05, 4.69) is 26.4 Å². The Balaban J connectivity index is 1.40. The van der Waals surface area contributed by atoms with Crippen LogP contribution in [0, 0.1) is 5.92 Å². The minimum atomic E-state index is 0.134. The van der Waals surface area contributed by atoms with Gasteiger partial charge in [0, 0.05) is 31.5 Å². The van der Waals surface area contributed by atoms with Crippen LogP contribution in [0.3, 0.4) is 0 Å². The fourth-order valence-electron chi connectivity index (χ4n) is 4.33. The second-order valence-corrected chi connectivity index (χ2v) is 8.82. The monoisotopic (exact) mass is 390 g/mol. The van der Waals surface area contributed by atoms with E-state index >= 15 is 0 Å². The van der Waals surface area contributed by atoms with Crippen molar-refractivity contribution in [2.75, 3.05) is 44.7 Å². The van der Waals surface area contributed by atoms with Crippen LogP contribution in [-0.4, -0.2) is 71.5 Å². The van der Waals surface area contributed by atoms with Crippen LogP contribution >= 0.6 is 11.8 Å². The number of piperidine rings is 2. The molecule has 2 aliphatic heterocycles. The number of likely N-dealkylation sites (tertiary alicyclic amines) is 2. The van der Waals surface area contributed by atoms with Gasteiger partial charge in [0.05, 0.1) is 5.92 Å². The highest BCUT2D eigenvalue weighted by Gasteiger charge is 2.31. The van der Waals surface area contributed by atoms with E-state index in [0.717, 1.165) is 31.5 Å². The molecular weight excluding hydrogens is 356 g/mol. The maximum absolute atomic E-state index is 12.6. The molecule has 27 heavy (non-hydrogen) atoms. The van der Waals surface area contributed by atoms with Crippen molar-refractivity contribution in [3.8, 4) is 0 Å². The Bertz CT molecular complexity index is 563. The second kappa shape index (κ2) is 11.0. The first-order valence-electron chi connectivity index (χ1n) is 10.4. The van der Waals surface area contributed by atoms with E-state index in [1.165, 1.54) is 44.6 Å². The van der Waals surface area contributed by atoms with Crippen molar-refractivity contribution in [1.82, 2.24) is 20.1 Å². The molecule has 1 atom stereocenters. The third-order valence-electron chi connectivity index (χ3n) is 5.91. The van der Waals surface area contributed by atoms with Crippen LogP contribution < -0.4 is 5.32 Å². The van der Waals surface area contributed by atoms with Crippen LogP contribution in [0.1, 0.15) is 37.7 Å². The molecule has 0 unspecified atom stereocenters. The average Bonchev–Trinajstić information content (AvgIpc) is 2.73. The van der Waals surface area contributed by atoms with Crippen molar-refractivity contribution in [3.05, 3.63) is 30.1 Å². The van der Waals surface area contributed by atoms with Crippen molar-refractivity contribution in [2.24, 2.45) is 5.92 Å². The van der Waals surface area contributed by atoms with Gasteiger partial charge < -0.3 is 10.2 Å². The van der Waals surface area contributed by atoms with Crippen LogP contribution in [0.5, 0.6) is 0 Å². The van der Waals surface area contributed by atoms with E-state index in [1.54, 1.807) is 6.20 Å². The predicted molar refractivity (Wildman–Crippen MR) is 113 cm³/mol. The Morgan fingerprint density at radius 2 is 2.15 bits per heavy atom. The van der Waals surface area contributed by atoms with Crippen molar-refractivity contribution < 1.29 is 4.79 Å². The zero-order valence-corrected chi connectivity index (χ0v) is 17.4. The molecular formula is C21H34N4OS. The van der Waals surface area contributed by atoms with Crippen molar-refractivity contribution in [1.29, 1.82) is 0 Å². The molecule has 1 N–H and O–H groups in total. The highest BCUT2D eigenvalue weighted by atomic mass is 32.2. The fraction of sp³-hybridized carbons (Fsp3) is 0.714. The summed E-state index contributed by atoms with van der Waals surface area (Å²) in [5, 5.41) is 3.11. The largest absolute Gasteiger partial charge is 0.352 e. The van der Waals surface area contributed by atoms with Gasteiger partial charge in [0.15, 0.2) is 0 Å². The Hall–Kier alpha value is -1.11. The second-order valence-electron chi connectivity index (χ2n) is 7.83. The molecule has 150 valence electrons. The summed E-state index contributed by atoms with van der Waals surface area (Å²) in [5.74, 6) is 1.61. The lowest BCUT2D eigenvalue weighted by molar-refractivity contribution is -0.127. The fourth-order valence-corrected chi connectivity index (χ4v) is 4.75. The SMILES string of the molecule is CSCCCN1CCC(N2CCC[C@@H](C(=O)NCc3cccnc3)C2)CC1. The van der Waals surface area contributed by atoms with Crippen LogP contribution in [0.25, 0.3) is 0 Å². The third-order valence-corrected chi connectivity index (χ3v) is 6.61. The lowest BCUT2D eigenvalue weighted by Gasteiger charge is -2.42. The first-order chi connectivity index (χ1) is 13.3. The Morgan fingerprint density at radius 3 is 2.89 bits per heavy atom. The van der Waals surface area contributed by atoms with Gasteiger partial charge in [0.2, 0.25) is 5.91 Å². The van der Waals surface area contributed by atoms with Crippen LogP contribution in [0.4, 0.5) is 0 Å². The summed E-state index contributed by atoms with van der Waals surface area (Å²) in [6, 6.07) is 4.58. The number of rotatable bonds is 8. The normalized spacial score (nSPS) is 22.6. The summed E-state index contributed by atoms with van der Waals surface area (Å²) < 4.78 is 0. The number of pyridine rings is 1. The van der Waals surface area contributed by atoms with Crippen molar-refractivity contribution >= 4 is 17.7 Å². The number of hydrogen-bond donors (Lipinski definition) is 1. The molecule has 5 nitrogen and oxygen atoms in total. The summed E-state index contributed by atoms with van der Waals surface area (Å²) >= 11 is 1.94. The number of carbonyl (C=O) groups excluding carboxylic acids is 1. The summed E-state index contributed by atoms with van der Waals surface area (Å²) in [5.41, 5.74) is 1.06. The number of thioether (sulfide) groups is 1. The maximum atomic E-state index is 12.6. The number of carbonyl (C=O) groups is 1. The lowest BCUT2D eigenvalue weighted by Crippen LogP contribution is -2.50. The van der Waals surface area contributed by atoms with E-state index in [-0.39, 0.29) is 11.8 Å². The minimum Gasteiger partial charge on any atom is -0.352 e. The van der Waals surface area contributed by atoms with E-state index in [9.17, 15) is 4.79 Å². The molecule has 2 saturated heterocycles. The highest BCUT2D eigenvalue weighted by Crippen LogP contribution is 2.24. The number of hydrogen-bond acceptors (Lipinski definition) is 5. The zero-order valence-electron chi connectivity index (χ0n) is 16.6. The van der Waals surface area contributed by atoms with E-state index in [1.807, 2.05) is 30.1 Å². The lowest BCUT2D eigenvalue weighted by atomic mass is 9.93. The maximum Gasteiger partial charge on any atom is 0.224 e. The Kier molecular flexibility index (Phi) is 8.42. The molecule has 1 aromatic heterocycles. The molecule has 2 aliphatic rings. The van der Waals surface area contributed by atoms with E-state index in [0.29, 0.717) is 12.6 Å². The number of aromatic nitrogens is 1. The molecule has 0 spiro atoms. The average molecular weight is 391 g/mol. The van der Waals surface area contributed by atoms with E-state index in [4.69, 9.17) is 0 Å². The number of nitrogens with one attached hydrogen (secondary N) is 1. The molecule has 1 amide bonds. The molecule has 3 rings (SSSR count). The zero-order chi connectivity index (χ0) is 18.9. The van der Waals surface area contributed by atoms with Gasteiger partial charge in [-0.05, 0) is 81.9 Å². The summed E-state index contributed by atoms with van der Waals surface area (Å²) in [4.78, 5) is 22.0. The van der Waals surface area contributed by atoms with Crippen LogP contribution in [0.15, 0.2) is 24.5 Å².